The van der Waals surface area contributed by atoms with E-state index in [1.165, 1.54) is 4.90 Å². The maximum Gasteiger partial charge on any atom is 0.408 e. The molecule has 0 spiro atoms. The first-order valence-electron chi connectivity index (χ1n) is 6.48. The number of benzene rings is 1. The maximum atomic E-state index is 11.8. The van der Waals surface area contributed by atoms with E-state index in [0.29, 0.717) is 0 Å². The molecule has 7 heteroatoms. The van der Waals surface area contributed by atoms with Gasteiger partial charge in [-0.1, -0.05) is 30.3 Å². The number of nitrogens with one attached hydrogen (secondary N) is 2. The van der Waals surface area contributed by atoms with Crippen LogP contribution in [-0.2, 0) is 20.9 Å². The Morgan fingerprint density at radius 3 is 2.52 bits per heavy atom. The highest BCUT2D eigenvalue weighted by Gasteiger charge is 2.45. The number of nitrogens with zero attached hydrogens (tertiary/aromatic N) is 1. The number of likely N-dealkylation sites (N-methyl/N-ethyl adjacent to an activating group) is 1. The highest BCUT2D eigenvalue weighted by Crippen LogP contribution is 2.09. The molecule has 3 amide bonds. The largest absolute Gasteiger partial charge is 0.445 e. The van der Waals surface area contributed by atoms with Gasteiger partial charge in [-0.15, -0.1) is 0 Å². The smallest absolute Gasteiger partial charge is 0.408 e. The lowest BCUT2D eigenvalue weighted by Gasteiger charge is -2.36. The van der Waals surface area contributed by atoms with Crippen molar-refractivity contribution in [2.75, 3.05) is 14.1 Å². The Bertz CT molecular complexity index is 544. The Morgan fingerprint density at radius 2 is 1.95 bits per heavy atom. The van der Waals surface area contributed by atoms with Crippen LogP contribution in [0.15, 0.2) is 30.3 Å². The highest BCUT2D eigenvalue weighted by atomic mass is 16.5. The second-order valence-corrected chi connectivity index (χ2v) is 4.90. The zero-order chi connectivity index (χ0) is 15.4. The molecule has 0 aliphatic carbocycles. The first kappa shape index (κ1) is 14.8. The molecule has 7 nitrogen and oxygen atoms in total. The Hall–Kier alpha value is -2.57. The molecule has 0 radical (unpaired) electrons. The number of hydrogen-bond donors (Lipinski definition) is 2. The molecule has 112 valence electrons. The first-order chi connectivity index (χ1) is 9.99. The summed E-state index contributed by atoms with van der Waals surface area (Å²) in [5.74, 6) is -0.671. The average Bonchev–Trinajstić information content (AvgIpc) is 2.48. The van der Waals surface area contributed by atoms with Crippen molar-refractivity contribution in [2.45, 2.75) is 18.7 Å². The van der Waals surface area contributed by atoms with Gasteiger partial charge in [0, 0.05) is 14.1 Å². The molecule has 1 aliphatic heterocycles. The van der Waals surface area contributed by atoms with Gasteiger partial charge >= 0.3 is 6.09 Å². The summed E-state index contributed by atoms with van der Waals surface area (Å²) in [7, 11) is 3.16. The van der Waals surface area contributed by atoms with Crippen LogP contribution in [0.1, 0.15) is 5.56 Å². The molecule has 2 N–H and O–H groups in total. The zero-order valence-corrected chi connectivity index (χ0v) is 11.8. The molecule has 1 fully saturated rings. The van der Waals surface area contributed by atoms with Crippen LogP contribution in [0.5, 0.6) is 0 Å². The predicted molar refractivity (Wildman–Crippen MR) is 74.2 cm³/mol. The van der Waals surface area contributed by atoms with Crippen molar-refractivity contribution >= 4 is 17.9 Å². The second-order valence-electron chi connectivity index (χ2n) is 4.90. The Morgan fingerprint density at radius 1 is 1.29 bits per heavy atom. The number of hydrogen-bond acceptors (Lipinski definition) is 4. The van der Waals surface area contributed by atoms with Gasteiger partial charge in [-0.25, -0.2) is 4.79 Å². The van der Waals surface area contributed by atoms with Gasteiger partial charge in [0.2, 0.25) is 11.8 Å². The van der Waals surface area contributed by atoms with Crippen LogP contribution < -0.4 is 10.6 Å². The second kappa shape index (κ2) is 6.25. The fourth-order valence-electron chi connectivity index (χ4n) is 1.90. The van der Waals surface area contributed by atoms with E-state index in [1.54, 1.807) is 14.1 Å². The molecule has 1 aromatic rings. The molecular weight excluding hydrogens is 274 g/mol. The van der Waals surface area contributed by atoms with Crippen LogP contribution >= 0.6 is 0 Å². The van der Waals surface area contributed by atoms with Crippen molar-refractivity contribution < 1.29 is 19.1 Å². The third kappa shape index (κ3) is 3.50. The summed E-state index contributed by atoms with van der Waals surface area (Å²) >= 11 is 0. The van der Waals surface area contributed by atoms with E-state index in [4.69, 9.17) is 4.74 Å². The Labute approximate surface area is 122 Å². The van der Waals surface area contributed by atoms with Crippen LogP contribution in [0.2, 0.25) is 0 Å². The fourth-order valence-corrected chi connectivity index (χ4v) is 1.90. The molecule has 1 aromatic carbocycles. The van der Waals surface area contributed by atoms with Crippen molar-refractivity contribution in [3.8, 4) is 0 Å². The number of carbonyl (C=O) groups is 3. The van der Waals surface area contributed by atoms with Gasteiger partial charge in [0.05, 0.1) is 0 Å². The quantitative estimate of drug-likeness (QED) is 0.756. The standard InChI is InChI=1S/C14H17N3O4/c1-17(2)13(19)11-10(12(18)15-11)16-14(20)21-8-9-6-4-3-5-7-9/h3-7,10-11H,8H2,1-2H3,(H,15,18)(H,16,20). The normalized spacial score (nSPS) is 20.0. The predicted octanol–water partition coefficient (Wildman–Crippen LogP) is -0.132. The van der Waals surface area contributed by atoms with E-state index in [9.17, 15) is 14.4 Å². The van der Waals surface area contributed by atoms with Crippen molar-refractivity contribution in [3.05, 3.63) is 35.9 Å². The molecule has 1 saturated heterocycles. The Balaban J connectivity index is 1.84. The van der Waals surface area contributed by atoms with Crippen molar-refractivity contribution in [2.24, 2.45) is 0 Å². The van der Waals surface area contributed by atoms with Gasteiger partial charge < -0.3 is 20.3 Å². The van der Waals surface area contributed by atoms with Gasteiger partial charge in [0.15, 0.2) is 0 Å². The lowest BCUT2D eigenvalue weighted by atomic mass is 9.98. The summed E-state index contributed by atoms with van der Waals surface area (Å²) in [6.45, 7) is 0.104. The SMILES string of the molecule is CN(C)C(=O)C1NC(=O)C1NC(=O)OCc1ccccc1. The molecule has 1 heterocycles. The molecule has 2 rings (SSSR count). The molecule has 0 saturated carbocycles. The minimum Gasteiger partial charge on any atom is -0.445 e. The summed E-state index contributed by atoms with van der Waals surface area (Å²) in [6.07, 6.45) is -0.727. The van der Waals surface area contributed by atoms with E-state index in [2.05, 4.69) is 10.6 Å². The van der Waals surface area contributed by atoms with Gasteiger partial charge in [0.1, 0.15) is 18.7 Å². The summed E-state index contributed by atoms with van der Waals surface area (Å²) in [5.41, 5.74) is 0.839. The number of β-lactam (4-membered cyclic amide) rings is 1. The number of alkyl carbamates (subject to hydrolysis) is 1. The van der Waals surface area contributed by atoms with E-state index in [1.807, 2.05) is 30.3 Å². The van der Waals surface area contributed by atoms with Gasteiger partial charge in [-0.05, 0) is 5.56 Å². The van der Waals surface area contributed by atoms with Crippen molar-refractivity contribution in [1.82, 2.24) is 15.5 Å². The summed E-state index contributed by atoms with van der Waals surface area (Å²) in [5, 5.41) is 4.85. The third-order valence-corrected chi connectivity index (χ3v) is 3.11. The van der Waals surface area contributed by atoms with Crippen LogP contribution in [-0.4, -0.2) is 49.0 Å². The lowest BCUT2D eigenvalue weighted by molar-refractivity contribution is -0.144. The van der Waals surface area contributed by atoms with E-state index in [-0.39, 0.29) is 12.5 Å². The van der Waals surface area contributed by atoms with Gasteiger partial charge in [0.25, 0.3) is 0 Å². The lowest BCUT2D eigenvalue weighted by Crippen LogP contribution is -2.73. The fraction of sp³-hybridized carbons (Fsp3) is 0.357. The molecular formula is C14H17N3O4. The summed E-state index contributed by atoms with van der Waals surface area (Å²) in [6, 6.07) is 7.55. The minimum atomic E-state index is -0.886. The Kier molecular flexibility index (Phi) is 4.42. The van der Waals surface area contributed by atoms with Crippen LogP contribution in [0, 0.1) is 0 Å². The van der Waals surface area contributed by atoms with Crippen LogP contribution in [0.25, 0.3) is 0 Å². The monoisotopic (exact) mass is 291 g/mol. The first-order valence-corrected chi connectivity index (χ1v) is 6.48. The minimum absolute atomic E-state index is 0.104. The average molecular weight is 291 g/mol. The summed E-state index contributed by atoms with van der Waals surface area (Å²) in [4.78, 5) is 36.2. The van der Waals surface area contributed by atoms with Crippen molar-refractivity contribution in [3.63, 3.8) is 0 Å². The van der Waals surface area contributed by atoms with Gasteiger partial charge in [-0.3, -0.25) is 9.59 Å². The summed E-state index contributed by atoms with van der Waals surface area (Å²) < 4.78 is 5.02. The topological polar surface area (TPSA) is 87.7 Å². The van der Waals surface area contributed by atoms with Crippen LogP contribution in [0.3, 0.4) is 0 Å². The molecule has 0 aromatic heterocycles. The van der Waals surface area contributed by atoms with Crippen molar-refractivity contribution in [1.29, 1.82) is 0 Å². The zero-order valence-electron chi connectivity index (χ0n) is 11.8. The molecule has 2 unspecified atom stereocenters. The van der Waals surface area contributed by atoms with E-state index < -0.39 is 24.1 Å². The number of ether oxygens (including phenoxy) is 1. The molecule has 0 bridgehead atoms. The van der Waals surface area contributed by atoms with E-state index in [0.717, 1.165) is 5.56 Å². The van der Waals surface area contributed by atoms with Crippen LogP contribution in [0.4, 0.5) is 4.79 Å². The third-order valence-electron chi connectivity index (χ3n) is 3.11. The molecule has 2 atom stereocenters. The number of carbonyl (C=O) groups excluding carboxylic acids is 3. The van der Waals surface area contributed by atoms with Gasteiger partial charge in [-0.2, -0.15) is 0 Å². The van der Waals surface area contributed by atoms with E-state index >= 15 is 0 Å². The molecule has 21 heavy (non-hydrogen) atoms. The number of rotatable bonds is 4. The number of amides is 3. The highest BCUT2D eigenvalue weighted by molar-refractivity contribution is 6.03. The molecule has 1 aliphatic rings. The maximum absolute atomic E-state index is 11.8.